The fourth-order valence-electron chi connectivity index (χ4n) is 2.26. The number of nitrogens with zero attached hydrogens (tertiary/aromatic N) is 1. The van der Waals surface area contributed by atoms with E-state index in [9.17, 15) is 13.2 Å². The summed E-state index contributed by atoms with van der Waals surface area (Å²) in [4.78, 5) is 1.40. The van der Waals surface area contributed by atoms with Gasteiger partial charge in [-0.15, -0.1) is 0 Å². The lowest BCUT2D eigenvalue weighted by atomic mass is 9.98. The minimum absolute atomic E-state index is 0.238. The third-order valence-electron chi connectivity index (χ3n) is 3.02. The van der Waals surface area contributed by atoms with Crippen LogP contribution in [0.25, 0.3) is 0 Å². The number of hydrogen-bond acceptors (Lipinski definition) is 2. The number of benzene rings is 1. The Morgan fingerprint density at radius 1 is 1.11 bits per heavy atom. The van der Waals surface area contributed by atoms with E-state index in [1.807, 2.05) is 30.3 Å². The summed E-state index contributed by atoms with van der Waals surface area (Å²) in [6.45, 7) is 4.29. The molecule has 0 bridgehead atoms. The highest BCUT2D eigenvalue weighted by Crippen LogP contribution is 2.29. The van der Waals surface area contributed by atoms with Crippen molar-refractivity contribution in [2.45, 2.75) is 45.1 Å². The topological polar surface area (TPSA) is 29.3 Å². The van der Waals surface area contributed by atoms with Crippen LogP contribution in [-0.2, 0) is 0 Å². The van der Waals surface area contributed by atoms with Crippen LogP contribution in [0.4, 0.5) is 13.2 Å². The zero-order valence-corrected chi connectivity index (χ0v) is 11.5. The van der Waals surface area contributed by atoms with Gasteiger partial charge in [0.05, 0.1) is 12.6 Å². The van der Waals surface area contributed by atoms with Crippen LogP contribution in [-0.4, -0.2) is 29.7 Å². The van der Waals surface area contributed by atoms with Gasteiger partial charge in [0.25, 0.3) is 0 Å². The molecule has 1 aromatic carbocycles. The maximum Gasteiger partial charge on any atom is 0.401 e. The Kier molecular flexibility index (Phi) is 5.38. The summed E-state index contributed by atoms with van der Waals surface area (Å²) in [7, 11) is 0. The monoisotopic (exact) mass is 274 g/mol. The number of rotatable bonds is 5. The van der Waals surface area contributed by atoms with Gasteiger partial charge < -0.3 is 5.73 Å². The largest absolute Gasteiger partial charge is 0.401 e. The Morgan fingerprint density at radius 2 is 1.63 bits per heavy atom. The fourth-order valence-corrected chi connectivity index (χ4v) is 2.26. The smallest absolute Gasteiger partial charge is 0.326 e. The molecule has 0 saturated heterocycles. The first kappa shape index (κ1) is 16.0. The van der Waals surface area contributed by atoms with E-state index in [1.54, 1.807) is 20.8 Å². The summed E-state index contributed by atoms with van der Waals surface area (Å²) in [6.07, 6.45) is -4.23. The van der Waals surface area contributed by atoms with E-state index in [4.69, 9.17) is 5.73 Å². The second-order valence-corrected chi connectivity index (χ2v) is 5.10. The molecule has 0 radical (unpaired) electrons. The zero-order valence-electron chi connectivity index (χ0n) is 11.5. The number of alkyl halides is 3. The van der Waals surface area contributed by atoms with Gasteiger partial charge in [-0.3, -0.25) is 4.90 Å². The van der Waals surface area contributed by atoms with Gasteiger partial charge in [0, 0.05) is 12.1 Å². The molecule has 0 aliphatic rings. The Balaban J connectivity index is 3.07. The maximum absolute atomic E-state index is 12.7. The third kappa shape index (κ3) is 4.84. The van der Waals surface area contributed by atoms with Crippen molar-refractivity contribution in [3.63, 3.8) is 0 Å². The van der Waals surface area contributed by atoms with Gasteiger partial charge in [-0.2, -0.15) is 13.2 Å². The average molecular weight is 274 g/mol. The van der Waals surface area contributed by atoms with Gasteiger partial charge in [0.15, 0.2) is 0 Å². The number of halogens is 3. The molecule has 0 aliphatic carbocycles. The third-order valence-corrected chi connectivity index (χ3v) is 3.02. The van der Waals surface area contributed by atoms with E-state index in [2.05, 4.69) is 0 Å². The average Bonchev–Trinajstić information content (AvgIpc) is 2.27. The van der Waals surface area contributed by atoms with Crippen LogP contribution in [0.1, 0.15) is 32.4 Å². The summed E-state index contributed by atoms with van der Waals surface area (Å²) in [5.41, 5.74) is 6.73. The molecule has 19 heavy (non-hydrogen) atoms. The molecule has 0 amide bonds. The molecule has 0 aliphatic heterocycles. The van der Waals surface area contributed by atoms with Crippen molar-refractivity contribution >= 4 is 0 Å². The van der Waals surface area contributed by atoms with E-state index in [-0.39, 0.29) is 12.1 Å². The van der Waals surface area contributed by atoms with Crippen molar-refractivity contribution in [1.82, 2.24) is 4.90 Å². The molecule has 0 fully saturated rings. The SMILES string of the molecule is CC(N)C(c1ccccc1)N(CC(F)(F)F)C(C)C. The Bertz CT molecular complexity index is 374. The molecule has 2 atom stereocenters. The first-order valence-corrected chi connectivity index (χ1v) is 6.35. The van der Waals surface area contributed by atoms with Gasteiger partial charge in [-0.25, -0.2) is 0 Å². The van der Waals surface area contributed by atoms with Crippen molar-refractivity contribution in [2.75, 3.05) is 6.54 Å². The molecule has 108 valence electrons. The molecular formula is C14H21F3N2. The molecule has 0 saturated carbocycles. The van der Waals surface area contributed by atoms with Crippen LogP contribution in [0.2, 0.25) is 0 Å². The summed E-state index contributed by atoms with van der Waals surface area (Å²) in [5, 5.41) is 0. The number of nitrogens with two attached hydrogens (primary N) is 1. The van der Waals surface area contributed by atoms with E-state index in [0.717, 1.165) is 5.56 Å². The van der Waals surface area contributed by atoms with Crippen molar-refractivity contribution in [1.29, 1.82) is 0 Å². The molecule has 2 nitrogen and oxygen atoms in total. The summed E-state index contributed by atoms with van der Waals surface area (Å²) >= 11 is 0. The molecule has 1 aromatic rings. The Hall–Kier alpha value is -1.07. The Labute approximate surface area is 112 Å². The van der Waals surface area contributed by atoms with Crippen LogP contribution in [0, 0.1) is 0 Å². The van der Waals surface area contributed by atoms with E-state index in [0.29, 0.717) is 0 Å². The predicted octanol–water partition coefficient (Wildman–Crippen LogP) is 3.35. The van der Waals surface area contributed by atoms with Gasteiger partial charge in [-0.05, 0) is 26.3 Å². The zero-order chi connectivity index (χ0) is 14.6. The van der Waals surface area contributed by atoms with Gasteiger partial charge in [-0.1, -0.05) is 30.3 Å². The standard InChI is InChI=1S/C14H21F3N2/c1-10(2)19(9-14(15,16)17)13(11(3)18)12-7-5-4-6-8-12/h4-8,10-11,13H,9,18H2,1-3H3. The fraction of sp³-hybridized carbons (Fsp3) is 0.571. The first-order chi connectivity index (χ1) is 8.72. The van der Waals surface area contributed by atoms with E-state index in [1.165, 1.54) is 4.90 Å². The quantitative estimate of drug-likeness (QED) is 0.892. The minimum atomic E-state index is -4.23. The van der Waals surface area contributed by atoms with Gasteiger partial charge >= 0.3 is 6.18 Å². The van der Waals surface area contributed by atoms with Gasteiger partial charge in [0.1, 0.15) is 0 Å². The molecule has 0 aromatic heterocycles. The molecule has 1 rings (SSSR count). The summed E-state index contributed by atoms with van der Waals surface area (Å²) in [6, 6.07) is 8.05. The van der Waals surface area contributed by atoms with E-state index >= 15 is 0 Å². The van der Waals surface area contributed by atoms with Crippen molar-refractivity contribution < 1.29 is 13.2 Å². The first-order valence-electron chi connectivity index (χ1n) is 6.35. The lowest BCUT2D eigenvalue weighted by molar-refractivity contribution is -0.156. The molecule has 0 spiro atoms. The highest BCUT2D eigenvalue weighted by molar-refractivity contribution is 5.20. The summed E-state index contributed by atoms with van der Waals surface area (Å²) < 4.78 is 38.2. The van der Waals surface area contributed by atoms with Crippen LogP contribution < -0.4 is 5.73 Å². The highest BCUT2D eigenvalue weighted by Gasteiger charge is 2.36. The van der Waals surface area contributed by atoms with Gasteiger partial charge in [0.2, 0.25) is 0 Å². The van der Waals surface area contributed by atoms with Crippen LogP contribution >= 0.6 is 0 Å². The maximum atomic E-state index is 12.7. The minimum Gasteiger partial charge on any atom is -0.326 e. The molecular weight excluding hydrogens is 253 g/mol. The second kappa shape index (κ2) is 6.39. The highest BCUT2D eigenvalue weighted by atomic mass is 19.4. The molecule has 2 unspecified atom stereocenters. The van der Waals surface area contributed by atoms with Crippen LogP contribution in [0.3, 0.4) is 0 Å². The van der Waals surface area contributed by atoms with E-state index < -0.39 is 18.8 Å². The molecule has 0 heterocycles. The summed E-state index contributed by atoms with van der Waals surface area (Å²) in [5.74, 6) is 0. The van der Waals surface area contributed by atoms with Crippen LogP contribution in [0.15, 0.2) is 30.3 Å². The van der Waals surface area contributed by atoms with Crippen molar-refractivity contribution in [3.05, 3.63) is 35.9 Å². The predicted molar refractivity (Wildman–Crippen MR) is 70.7 cm³/mol. The second-order valence-electron chi connectivity index (χ2n) is 5.10. The molecule has 2 N–H and O–H groups in total. The van der Waals surface area contributed by atoms with Crippen molar-refractivity contribution in [3.8, 4) is 0 Å². The lowest BCUT2D eigenvalue weighted by Gasteiger charge is -2.38. The lowest BCUT2D eigenvalue weighted by Crippen LogP contribution is -2.47. The van der Waals surface area contributed by atoms with Crippen molar-refractivity contribution in [2.24, 2.45) is 5.73 Å². The molecule has 5 heteroatoms. The Morgan fingerprint density at radius 3 is 2.00 bits per heavy atom. The normalized spacial score (nSPS) is 15.8. The van der Waals surface area contributed by atoms with Crippen LogP contribution in [0.5, 0.6) is 0 Å². The number of hydrogen-bond donors (Lipinski definition) is 1.